The van der Waals surface area contributed by atoms with E-state index < -0.39 is 0 Å². The molecule has 24 heavy (non-hydrogen) atoms. The zero-order chi connectivity index (χ0) is 16.9. The largest absolute Gasteiger partial charge is 0.302 e. The van der Waals surface area contributed by atoms with Crippen molar-refractivity contribution >= 4 is 22.4 Å². The molecule has 1 aromatic carbocycles. The van der Waals surface area contributed by atoms with Gasteiger partial charge in [0.15, 0.2) is 5.13 Å². The first-order valence-corrected chi connectivity index (χ1v) is 9.42. The minimum absolute atomic E-state index is 0.0639. The summed E-state index contributed by atoms with van der Waals surface area (Å²) in [6, 6.07) is 11.4. The SMILES string of the molecule is CC(=O)Nc1ncc(CN2CCC(Cc3ccccc3)CC2C)s1. The van der Waals surface area contributed by atoms with E-state index in [4.69, 9.17) is 0 Å². The van der Waals surface area contributed by atoms with Crippen LogP contribution in [0.1, 0.15) is 37.1 Å². The maximum Gasteiger partial charge on any atom is 0.223 e. The summed E-state index contributed by atoms with van der Waals surface area (Å²) in [5.74, 6) is 0.709. The minimum Gasteiger partial charge on any atom is -0.302 e. The van der Waals surface area contributed by atoms with Crippen LogP contribution in [0.3, 0.4) is 0 Å². The normalized spacial score (nSPS) is 21.6. The first-order chi connectivity index (χ1) is 11.6. The molecule has 0 saturated carbocycles. The van der Waals surface area contributed by atoms with Crippen LogP contribution in [0, 0.1) is 5.92 Å². The maximum absolute atomic E-state index is 11.1. The highest BCUT2D eigenvalue weighted by atomic mass is 32.1. The van der Waals surface area contributed by atoms with Crippen molar-refractivity contribution in [1.82, 2.24) is 9.88 Å². The third-order valence-corrected chi connectivity index (χ3v) is 5.58. The number of piperidine rings is 1. The lowest BCUT2D eigenvalue weighted by Crippen LogP contribution is -2.40. The molecule has 0 bridgehead atoms. The molecule has 1 aromatic heterocycles. The number of likely N-dealkylation sites (tertiary alicyclic amines) is 1. The average molecular weight is 343 g/mol. The summed E-state index contributed by atoms with van der Waals surface area (Å²) in [7, 11) is 0. The number of anilines is 1. The Morgan fingerprint density at radius 3 is 2.88 bits per heavy atom. The Labute approximate surface area is 147 Å². The molecule has 1 saturated heterocycles. The molecule has 2 heterocycles. The average Bonchev–Trinajstić information content (AvgIpc) is 2.97. The third-order valence-electron chi connectivity index (χ3n) is 4.69. The zero-order valence-electron chi connectivity index (χ0n) is 14.4. The monoisotopic (exact) mass is 343 g/mol. The van der Waals surface area contributed by atoms with Gasteiger partial charge in [-0.3, -0.25) is 9.69 Å². The van der Waals surface area contributed by atoms with Gasteiger partial charge in [0.25, 0.3) is 0 Å². The van der Waals surface area contributed by atoms with Gasteiger partial charge in [0.2, 0.25) is 5.91 Å². The number of hydrogen-bond donors (Lipinski definition) is 1. The Hall–Kier alpha value is -1.72. The number of carbonyl (C=O) groups is 1. The van der Waals surface area contributed by atoms with E-state index in [0.29, 0.717) is 11.2 Å². The van der Waals surface area contributed by atoms with Gasteiger partial charge >= 0.3 is 0 Å². The molecule has 1 aliphatic rings. The number of rotatable bonds is 5. The summed E-state index contributed by atoms with van der Waals surface area (Å²) in [6.45, 7) is 5.90. The minimum atomic E-state index is -0.0639. The standard InChI is InChI=1S/C19H25N3OS/c1-14-10-17(11-16-6-4-3-5-7-16)8-9-22(14)13-18-12-20-19(24-18)21-15(2)23/h3-7,12,14,17H,8-11,13H2,1-2H3,(H,20,21,23). The van der Waals surface area contributed by atoms with Crippen LogP contribution < -0.4 is 5.32 Å². The lowest BCUT2D eigenvalue weighted by molar-refractivity contribution is -0.114. The van der Waals surface area contributed by atoms with Crippen LogP contribution in [-0.2, 0) is 17.8 Å². The molecule has 1 fully saturated rings. The van der Waals surface area contributed by atoms with E-state index in [1.54, 1.807) is 11.3 Å². The molecule has 2 aromatic rings. The van der Waals surface area contributed by atoms with Crippen molar-refractivity contribution < 1.29 is 4.79 Å². The summed E-state index contributed by atoms with van der Waals surface area (Å²) >= 11 is 1.58. The summed E-state index contributed by atoms with van der Waals surface area (Å²) in [5.41, 5.74) is 1.45. The van der Waals surface area contributed by atoms with Crippen molar-refractivity contribution in [2.75, 3.05) is 11.9 Å². The molecule has 2 atom stereocenters. The fourth-order valence-corrected chi connectivity index (χ4v) is 4.36. The maximum atomic E-state index is 11.1. The third kappa shape index (κ3) is 4.65. The predicted octanol–water partition coefficient (Wildman–Crippen LogP) is 3.94. The molecule has 0 spiro atoms. The number of nitrogens with one attached hydrogen (secondary N) is 1. The summed E-state index contributed by atoms with van der Waals surface area (Å²) < 4.78 is 0. The Balaban J connectivity index is 1.52. The predicted molar refractivity (Wildman–Crippen MR) is 99.2 cm³/mol. The summed E-state index contributed by atoms with van der Waals surface area (Å²) in [4.78, 5) is 19.1. The van der Waals surface area contributed by atoms with Crippen molar-refractivity contribution in [2.24, 2.45) is 5.92 Å². The molecule has 1 aliphatic heterocycles. The van der Waals surface area contributed by atoms with Gasteiger partial charge in [-0.25, -0.2) is 4.98 Å². The highest BCUT2D eigenvalue weighted by Crippen LogP contribution is 2.28. The fraction of sp³-hybridized carbons (Fsp3) is 0.474. The molecule has 2 unspecified atom stereocenters. The van der Waals surface area contributed by atoms with Crippen molar-refractivity contribution in [3.05, 3.63) is 47.0 Å². The summed E-state index contributed by atoms with van der Waals surface area (Å²) in [6.07, 6.45) is 5.56. The van der Waals surface area contributed by atoms with Gasteiger partial charge < -0.3 is 5.32 Å². The van der Waals surface area contributed by atoms with E-state index in [1.807, 2.05) is 6.20 Å². The number of aromatic nitrogens is 1. The van der Waals surface area contributed by atoms with Crippen molar-refractivity contribution in [1.29, 1.82) is 0 Å². The van der Waals surface area contributed by atoms with Crippen LogP contribution in [0.15, 0.2) is 36.5 Å². The van der Waals surface area contributed by atoms with E-state index in [9.17, 15) is 4.79 Å². The van der Waals surface area contributed by atoms with Crippen LogP contribution >= 0.6 is 11.3 Å². The highest BCUT2D eigenvalue weighted by molar-refractivity contribution is 7.15. The van der Waals surface area contributed by atoms with Gasteiger partial charge in [-0.05, 0) is 44.2 Å². The second-order valence-corrected chi connectivity index (χ2v) is 7.83. The Bertz CT molecular complexity index is 670. The molecular formula is C19H25N3OS. The van der Waals surface area contributed by atoms with Gasteiger partial charge in [-0.15, -0.1) is 11.3 Å². The van der Waals surface area contributed by atoms with E-state index in [2.05, 4.69) is 52.5 Å². The molecule has 5 heteroatoms. The van der Waals surface area contributed by atoms with Crippen LogP contribution in [0.4, 0.5) is 5.13 Å². The number of benzene rings is 1. The number of amides is 1. The van der Waals surface area contributed by atoms with Crippen LogP contribution in [0.5, 0.6) is 0 Å². The summed E-state index contributed by atoms with van der Waals surface area (Å²) in [5, 5.41) is 3.46. The fourth-order valence-electron chi connectivity index (χ4n) is 3.47. The van der Waals surface area contributed by atoms with E-state index in [-0.39, 0.29) is 5.91 Å². The number of hydrogen-bond acceptors (Lipinski definition) is 4. The lowest BCUT2D eigenvalue weighted by atomic mass is 9.86. The molecule has 1 amide bonds. The van der Waals surface area contributed by atoms with Gasteiger partial charge in [-0.2, -0.15) is 0 Å². The van der Waals surface area contributed by atoms with E-state index in [1.165, 1.54) is 36.6 Å². The zero-order valence-corrected chi connectivity index (χ0v) is 15.2. The Morgan fingerprint density at radius 2 is 2.17 bits per heavy atom. The molecule has 0 aliphatic carbocycles. The molecule has 3 rings (SSSR count). The van der Waals surface area contributed by atoms with Crippen LogP contribution in [0.2, 0.25) is 0 Å². The van der Waals surface area contributed by atoms with Gasteiger partial charge in [0, 0.05) is 30.6 Å². The first kappa shape index (κ1) is 17.1. The number of carbonyl (C=O) groups excluding carboxylic acids is 1. The number of thiazole rings is 1. The molecular weight excluding hydrogens is 318 g/mol. The molecule has 1 N–H and O–H groups in total. The van der Waals surface area contributed by atoms with Crippen LogP contribution in [-0.4, -0.2) is 28.4 Å². The van der Waals surface area contributed by atoms with Gasteiger partial charge in [-0.1, -0.05) is 30.3 Å². The van der Waals surface area contributed by atoms with Gasteiger partial charge in [0.05, 0.1) is 0 Å². The van der Waals surface area contributed by atoms with E-state index >= 15 is 0 Å². The second kappa shape index (κ2) is 7.90. The van der Waals surface area contributed by atoms with Crippen molar-refractivity contribution in [3.8, 4) is 0 Å². The topological polar surface area (TPSA) is 45.2 Å². The Morgan fingerprint density at radius 1 is 1.38 bits per heavy atom. The second-order valence-electron chi connectivity index (χ2n) is 6.71. The highest BCUT2D eigenvalue weighted by Gasteiger charge is 2.26. The van der Waals surface area contributed by atoms with Crippen molar-refractivity contribution in [3.63, 3.8) is 0 Å². The smallest absolute Gasteiger partial charge is 0.223 e. The van der Waals surface area contributed by atoms with Gasteiger partial charge in [0.1, 0.15) is 0 Å². The van der Waals surface area contributed by atoms with Crippen molar-refractivity contribution in [2.45, 2.75) is 45.7 Å². The first-order valence-electron chi connectivity index (χ1n) is 8.60. The lowest BCUT2D eigenvalue weighted by Gasteiger charge is -2.37. The van der Waals surface area contributed by atoms with E-state index in [0.717, 1.165) is 19.0 Å². The molecule has 4 nitrogen and oxygen atoms in total. The quantitative estimate of drug-likeness (QED) is 0.894. The van der Waals surface area contributed by atoms with Crippen LogP contribution in [0.25, 0.3) is 0 Å². The number of nitrogens with zero attached hydrogens (tertiary/aromatic N) is 2. The molecule has 128 valence electrons. The Kier molecular flexibility index (Phi) is 5.63. The molecule has 0 radical (unpaired) electrons.